The zero-order chi connectivity index (χ0) is 13.1. The highest BCUT2D eigenvalue weighted by Gasteiger charge is 2.27. The Morgan fingerprint density at radius 2 is 1.82 bits per heavy atom. The first-order chi connectivity index (χ1) is 8.08. The highest BCUT2D eigenvalue weighted by Crippen LogP contribution is 2.12. The molecule has 0 heterocycles. The highest BCUT2D eigenvalue weighted by atomic mass is 28.4. The molecular formula is C10H25N3O3Si. The summed E-state index contributed by atoms with van der Waals surface area (Å²) in [6.07, 6.45) is 1.02. The molecule has 0 aromatic heterocycles. The van der Waals surface area contributed by atoms with E-state index in [9.17, 15) is 4.79 Å². The van der Waals surface area contributed by atoms with Crippen LogP contribution in [0.1, 0.15) is 6.42 Å². The maximum absolute atomic E-state index is 10.8. The molecule has 0 saturated carbocycles. The average molecular weight is 263 g/mol. The molecule has 0 radical (unpaired) electrons. The summed E-state index contributed by atoms with van der Waals surface area (Å²) in [6, 6.07) is 0.820. The monoisotopic (exact) mass is 263 g/mol. The minimum Gasteiger partial charge on any atom is -0.398 e. The van der Waals surface area contributed by atoms with E-state index in [4.69, 9.17) is 8.85 Å². The zero-order valence-electron chi connectivity index (χ0n) is 11.3. The van der Waals surface area contributed by atoms with Crippen molar-refractivity contribution in [3.8, 4) is 0 Å². The molecule has 17 heavy (non-hydrogen) atoms. The number of hydrogen-bond acceptors (Lipinski definition) is 4. The van der Waals surface area contributed by atoms with Crippen molar-refractivity contribution in [3.63, 3.8) is 0 Å². The number of carbonyl (C=O) groups excluding carboxylic acids is 1. The van der Waals surface area contributed by atoms with E-state index in [1.807, 2.05) is 0 Å². The molecule has 6 nitrogen and oxygen atoms in total. The van der Waals surface area contributed by atoms with Crippen LogP contribution < -0.4 is 16.0 Å². The number of carbonyl (C=O) groups is 1. The maximum atomic E-state index is 10.8. The van der Waals surface area contributed by atoms with Gasteiger partial charge in [-0.1, -0.05) is 0 Å². The van der Waals surface area contributed by atoms with Crippen LogP contribution in [0.5, 0.6) is 0 Å². The van der Waals surface area contributed by atoms with Crippen molar-refractivity contribution in [2.45, 2.75) is 19.0 Å². The van der Waals surface area contributed by atoms with Gasteiger partial charge >= 0.3 is 14.6 Å². The first-order valence-electron chi connectivity index (χ1n) is 5.84. The van der Waals surface area contributed by atoms with Crippen LogP contribution in [0, 0.1) is 0 Å². The normalized spacial score (nSPS) is 11.3. The molecule has 0 aliphatic heterocycles. The van der Waals surface area contributed by atoms with Crippen LogP contribution in [-0.4, -0.2) is 55.5 Å². The van der Waals surface area contributed by atoms with Gasteiger partial charge < -0.3 is 24.8 Å². The van der Waals surface area contributed by atoms with Crippen molar-refractivity contribution < 1.29 is 13.6 Å². The molecule has 102 valence electrons. The molecule has 0 atom stereocenters. The fourth-order valence-electron chi connectivity index (χ4n) is 1.30. The van der Waals surface area contributed by atoms with Gasteiger partial charge in [0.05, 0.1) is 0 Å². The molecule has 0 fully saturated rings. The first kappa shape index (κ1) is 16.4. The summed E-state index contributed by atoms with van der Waals surface area (Å²) in [5, 5.41) is 8.46. The van der Waals surface area contributed by atoms with Crippen LogP contribution in [0.15, 0.2) is 0 Å². The summed E-state index contributed by atoms with van der Waals surface area (Å²) >= 11 is 0. The van der Waals surface area contributed by atoms with Crippen LogP contribution >= 0.6 is 0 Å². The molecule has 0 spiro atoms. The smallest absolute Gasteiger partial charge is 0.334 e. The van der Waals surface area contributed by atoms with Gasteiger partial charge in [-0.15, -0.1) is 0 Å². The predicted molar refractivity (Wildman–Crippen MR) is 70.4 cm³/mol. The Morgan fingerprint density at radius 3 is 2.35 bits per heavy atom. The summed E-state index contributed by atoms with van der Waals surface area (Å²) in [4.78, 5) is 10.8. The van der Waals surface area contributed by atoms with Gasteiger partial charge in [0.15, 0.2) is 0 Å². The van der Waals surface area contributed by atoms with Gasteiger partial charge in [-0.25, -0.2) is 4.79 Å². The van der Waals surface area contributed by atoms with E-state index in [-0.39, 0.29) is 6.03 Å². The van der Waals surface area contributed by atoms with Crippen LogP contribution in [0.3, 0.4) is 0 Å². The number of rotatable bonds is 9. The molecule has 0 rings (SSSR count). The summed E-state index contributed by atoms with van der Waals surface area (Å²) in [7, 11) is 3.10. The van der Waals surface area contributed by atoms with Gasteiger partial charge in [-0.2, -0.15) is 0 Å². The van der Waals surface area contributed by atoms with Crippen molar-refractivity contribution in [1.29, 1.82) is 0 Å². The fourth-order valence-corrected chi connectivity index (χ4v) is 2.69. The van der Waals surface area contributed by atoms with Gasteiger partial charge in [0, 0.05) is 34.4 Å². The van der Waals surface area contributed by atoms with Crippen LogP contribution in [0.4, 0.5) is 4.79 Å². The van der Waals surface area contributed by atoms with Crippen molar-refractivity contribution in [1.82, 2.24) is 16.0 Å². The standard InChI is InChI=1S/C10H25N3O3Si/c1-11-10(14)13-8-7-12-6-5-9-17(4,15-2)16-3/h12H,5-9H2,1-4H3,(H2,11,13,14). The van der Waals surface area contributed by atoms with Gasteiger partial charge in [-0.05, 0) is 25.6 Å². The van der Waals surface area contributed by atoms with E-state index in [1.165, 1.54) is 0 Å². The largest absolute Gasteiger partial charge is 0.398 e. The van der Waals surface area contributed by atoms with Crippen LogP contribution in [-0.2, 0) is 8.85 Å². The Kier molecular flexibility index (Phi) is 9.05. The topological polar surface area (TPSA) is 71.6 Å². The summed E-state index contributed by atoms with van der Waals surface area (Å²) in [5.41, 5.74) is 0. The maximum Gasteiger partial charge on any atom is 0.334 e. The Balaban J connectivity index is 3.37. The third-order valence-corrected chi connectivity index (χ3v) is 5.65. The SMILES string of the molecule is CNC(=O)NCCNCCC[Si](C)(OC)OC. The van der Waals surface area contributed by atoms with Crippen molar-refractivity contribution in [3.05, 3.63) is 0 Å². The molecule has 0 saturated heterocycles. The van der Waals surface area contributed by atoms with Crippen molar-refractivity contribution >= 4 is 14.6 Å². The summed E-state index contributed by atoms with van der Waals surface area (Å²) in [5.74, 6) is 0. The Hall–Kier alpha value is -0.633. The van der Waals surface area contributed by atoms with Crippen molar-refractivity contribution in [2.75, 3.05) is 40.9 Å². The molecule has 0 bridgehead atoms. The van der Waals surface area contributed by atoms with E-state index < -0.39 is 8.56 Å². The molecule has 0 aromatic carbocycles. The molecular weight excluding hydrogens is 238 g/mol. The number of hydrogen-bond donors (Lipinski definition) is 3. The lowest BCUT2D eigenvalue weighted by atomic mass is 10.4. The minimum atomic E-state index is -1.91. The van der Waals surface area contributed by atoms with Gasteiger partial charge in [0.1, 0.15) is 0 Å². The Labute approximate surface area is 105 Å². The van der Waals surface area contributed by atoms with Gasteiger partial charge in [-0.3, -0.25) is 0 Å². The Morgan fingerprint density at radius 1 is 1.18 bits per heavy atom. The predicted octanol–water partition coefficient (Wildman–Crippen LogP) is 0.260. The highest BCUT2D eigenvalue weighted by molar-refractivity contribution is 6.65. The third-order valence-electron chi connectivity index (χ3n) is 2.66. The zero-order valence-corrected chi connectivity index (χ0v) is 12.3. The summed E-state index contributed by atoms with van der Waals surface area (Å²) < 4.78 is 10.8. The second-order valence-corrected chi connectivity index (χ2v) is 7.49. The van der Waals surface area contributed by atoms with E-state index in [1.54, 1.807) is 21.3 Å². The number of amides is 2. The second-order valence-electron chi connectivity index (χ2n) is 3.90. The lowest BCUT2D eigenvalue weighted by Crippen LogP contribution is -2.38. The molecule has 3 N–H and O–H groups in total. The van der Waals surface area contributed by atoms with Crippen LogP contribution in [0.2, 0.25) is 12.6 Å². The average Bonchev–Trinajstić information content (AvgIpc) is 2.36. The van der Waals surface area contributed by atoms with Crippen LogP contribution in [0.25, 0.3) is 0 Å². The van der Waals surface area contributed by atoms with E-state index in [2.05, 4.69) is 22.5 Å². The molecule has 2 amide bonds. The first-order valence-corrected chi connectivity index (χ1v) is 8.37. The van der Waals surface area contributed by atoms with E-state index in [0.717, 1.165) is 25.6 Å². The van der Waals surface area contributed by atoms with E-state index >= 15 is 0 Å². The van der Waals surface area contributed by atoms with Gasteiger partial charge in [0.25, 0.3) is 0 Å². The molecule has 0 unspecified atom stereocenters. The molecule has 0 aliphatic carbocycles. The Bertz CT molecular complexity index is 213. The molecule has 0 aliphatic rings. The molecule has 0 aromatic rings. The number of nitrogens with one attached hydrogen (secondary N) is 3. The lowest BCUT2D eigenvalue weighted by Gasteiger charge is -2.22. The third kappa shape index (κ3) is 8.14. The lowest BCUT2D eigenvalue weighted by molar-refractivity contribution is 0.243. The minimum absolute atomic E-state index is 0.148. The number of urea groups is 1. The molecule has 7 heteroatoms. The summed E-state index contributed by atoms with van der Waals surface area (Å²) in [6.45, 7) is 4.36. The van der Waals surface area contributed by atoms with Gasteiger partial charge in [0.2, 0.25) is 0 Å². The quantitative estimate of drug-likeness (QED) is 0.412. The second kappa shape index (κ2) is 9.40. The van der Waals surface area contributed by atoms with Crippen molar-refractivity contribution in [2.24, 2.45) is 0 Å². The fraction of sp³-hybridized carbons (Fsp3) is 0.900. The van der Waals surface area contributed by atoms with E-state index in [0.29, 0.717) is 6.54 Å².